The van der Waals surface area contributed by atoms with Crippen molar-refractivity contribution in [1.29, 1.82) is 0 Å². The minimum Gasteiger partial charge on any atom is -0.396 e. The van der Waals surface area contributed by atoms with E-state index in [0.29, 0.717) is 6.54 Å². The summed E-state index contributed by atoms with van der Waals surface area (Å²) in [6.07, 6.45) is 2.23. The number of aliphatic hydroxyl groups excluding tert-OH is 1. The second-order valence-electron chi connectivity index (χ2n) is 3.67. The molecule has 76 valence electrons. The molecule has 4 heteroatoms. The summed E-state index contributed by atoms with van der Waals surface area (Å²) in [5, 5.41) is 11.6. The molecule has 4 nitrogen and oxygen atoms in total. The fraction of sp³-hybridized carbons (Fsp3) is 0.889. The molecule has 0 aromatic heterocycles. The second-order valence-corrected chi connectivity index (χ2v) is 3.67. The quantitative estimate of drug-likeness (QED) is 0.671. The SMILES string of the molecule is CC(CO)CNC(=O)N1CCCC1. The van der Waals surface area contributed by atoms with Gasteiger partial charge in [-0.1, -0.05) is 6.92 Å². The number of hydrogen-bond acceptors (Lipinski definition) is 2. The van der Waals surface area contributed by atoms with E-state index in [9.17, 15) is 4.79 Å². The third kappa shape index (κ3) is 3.22. The van der Waals surface area contributed by atoms with Crippen LogP contribution in [0.3, 0.4) is 0 Å². The summed E-state index contributed by atoms with van der Waals surface area (Å²) < 4.78 is 0. The van der Waals surface area contributed by atoms with Crippen molar-refractivity contribution in [3.63, 3.8) is 0 Å². The Kier molecular flexibility index (Phi) is 4.02. The van der Waals surface area contributed by atoms with Crippen molar-refractivity contribution in [3.05, 3.63) is 0 Å². The number of carbonyl (C=O) groups excluding carboxylic acids is 1. The zero-order valence-corrected chi connectivity index (χ0v) is 8.12. The van der Waals surface area contributed by atoms with Crippen LogP contribution < -0.4 is 5.32 Å². The standard InChI is InChI=1S/C9H18N2O2/c1-8(7-12)6-10-9(13)11-4-2-3-5-11/h8,12H,2-7H2,1H3,(H,10,13). The van der Waals surface area contributed by atoms with E-state index in [0.717, 1.165) is 25.9 Å². The first-order valence-corrected chi connectivity index (χ1v) is 4.87. The molecule has 2 N–H and O–H groups in total. The summed E-state index contributed by atoms with van der Waals surface area (Å²) in [6.45, 7) is 4.34. The van der Waals surface area contributed by atoms with Crippen LogP contribution >= 0.6 is 0 Å². The molecule has 1 rings (SSSR count). The summed E-state index contributed by atoms with van der Waals surface area (Å²) >= 11 is 0. The van der Waals surface area contributed by atoms with Gasteiger partial charge in [-0.2, -0.15) is 0 Å². The van der Waals surface area contributed by atoms with E-state index in [1.165, 1.54) is 0 Å². The maximum Gasteiger partial charge on any atom is 0.317 e. The first-order chi connectivity index (χ1) is 6.24. The maximum atomic E-state index is 11.4. The largest absolute Gasteiger partial charge is 0.396 e. The molecule has 0 radical (unpaired) electrons. The lowest BCUT2D eigenvalue weighted by atomic mass is 10.2. The Morgan fingerprint density at radius 2 is 2.15 bits per heavy atom. The van der Waals surface area contributed by atoms with Crippen LogP contribution in [0.15, 0.2) is 0 Å². The highest BCUT2D eigenvalue weighted by atomic mass is 16.3. The zero-order chi connectivity index (χ0) is 9.68. The molecule has 13 heavy (non-hydrogen) atoms. The number of hydrogen-bond donors (Lipinski definition) is 2. The number of amides is 2. The van der Waals surface area contributed by atoms with Crippen molar-refractivity contribution in [2.45, 2.75) is 19.8 Å². The molecule has 0 spiro atoms. The Bertz CT molecular complexity index is 167. The third-order valence-corrected chi connectivity index (χ3v) is 2.31. The van der Waals surface area contributed by atoms with Crippen LogP contribution in [0, 0.1) is 5.92 Å². The number of nitrogens with zero attached hydrogens (tertiary/aromatic N) is 1. The number of carbonyl (C=O) groups is 1. The molecule has 0 bridgehead atoms. The van der Waals surface area contributed by atoms with Crippen molar-refractivity contribution >= 4 is 6.03 Å². The van der Waals surface area contributed by atoms with Gasteiger partial charge in [-0.25, -0.2) is 4.79 Å². The van der Waals surface area contributed by atoms with E-state index in [4.69, 9.17) is 5.11 Å². The van der Waals surface area contributed by atoms with Crippen molar-refractivity contribution in [1.82, 2.24) is 10.2 Å². The van der Waals surface area contributed by atoms with Gasteiger partial charge in [0.1, 0.15) is 0 Å². The molecular weight excluding hydrogens is 168 g/mol. The monoisotopic (exact) mass is 186 g/mol. The first-order valence-electron chi connectivity index (χ1n) is 4.87. The average Bonchev–Trinajstić information content (AvgIpc) is 2.66. The predicted octanol–water partition coefficient (Wildman–Crippen LogP) is 0.420. The Morgan fingerprint density at radius 3 is 2.69 bits per heavy atom. The van der Waals surface area contributed by atoms with Crippen LogP contribution in [-0.2, 0) is 0 Å². The highest BCUT2D eigenvalue weighted by Gasteiger charge is 2.17. The van der Waals surface area contributed by atoms with E-state index in [1.54, 1.807) is 0 Å². The molecular formula is C9H18N2O2. The van der Waals surface area contributed by atoms with Gasteiger partial charge in [0.2, 0.25) is 0 Å². The van der Waals surface area contributed by atoms with Crippen LogP contribution in [0.5, 0.6) is 0 Å². The summed E-state index contributed by atoms with van der Waals surface area (Å²) in [5.74, 6) is 0.145. The van der Waals surface area contributed by atoms with Gasteiger partial charge in [-0.05, 0) is 18.8 Å². The van der Waals surface area contributed by atoms with Gasteiger partial charge in [0, 0.05) is 26.2 Å². The molecule has 0 aromatic rings. The number of aliphatic hydroxyl groups is 1. The average molecular weight is 186 g/mol. The van der Waals surface area contributed by atoms with Crippen molar-refractivity contribution in [3.8, 4) is 0 Å². The van der Waals surface area contributed by atoms with Gasteiger partial charge in [-0.15, -0.1) is 0 Å². The van der Waals surface area contributed by atoms with Crippen LogP contribution in [-0.4, -0.2) is 42.3 Å². The Labute approximate surface area is 78.9 Å². The van der Waals surface area contributed by atoms with E-state index in [-0.39, 0.29) is 18.6 Å². The molecule has 0 saturated carbocycles. The highest BCUT2D eigenvalue weighted by molar-refractivity contribution is 5.74. The maximum absolute atomic E-state index is 11.4. The smallest absolute Gasteiger partial charge is 0.317 e. The lowest BCUT2D eigenvalue weighted by Crippen LogP contribution is -2.40. The Morgan fingerprint density at radius 1 is 1.54 bits per heavy atom. The van der Waals surface area contributed by atoms with Gasteiger partial charge < -0.3 is 15.3 Å². The lowest BCUT2D eigenvalue weighted by molar-refractivity contribution is 0.199. The number of likely N-dealkylation sites (tertiary alicyclic amines) is 1. The third-order valence-electron chi connectivity index (χ3n) is 2.31. The number of nitrogens with one attached hydrogen (secondary N) is 1. The van der Waals surface area contributed by atoms with E-state index < -0.39 is 0 Å². The van der Waals surface area contributed by atoms with Gasteiger partial charge in [0.05, 0.1) is 0 Å². The number of urea groups is 1. The van der Waals surface area contributed by atoms with Crippen LogP contribution in [0.2, 0.25) is 0 Å². The molecule has 1 aliphatic rings. The zero-order valence-electron chi connectivity index (χ0n) is 8.12. The van der Waals surface area contributed by atoms with Crippen LogP contribution in [0.25, 0.3) is 0 Å². The normalized spacial score (nSPS) is 18.8. The highest BCUT2D eigenvalue weighted by Crippen LogP contribution is 2.06. The molecule has 2 amide bonds. The van der Waals surface area contributed by atoms with Gasteiger partial charge in [-0.3, -0.25) is 0 Å². The molecule has 0 aromatic carbocycles. The molecule has 1 aliphatic heterocycles. The summed E-state index contributed by atoms with van der Waals surface area (Å²) in [6, 6.07) is 0.0119. The lowest BCUT2D eigenvalue weighted by Gasteiger charge is -2.17. The molecule has 1 atom stereocenters. The molecule has 0 aliphatic carbocycles. The summed E-state index contributed by atoms with van der Waals surface area (Å²) in [7, 11) is 0. The van der Waals surface area contributed by atoms with Crippen molar-refractivity contribution in [2.24, 2.45) is 5.92 Å². The summed E-state index contributed by atoms with van der Waals surface area (Å²) in [4.78, 5) is 13.2. The molecule has 1 fully saturated rings. The molecule has 1 unspecified atom stereocenters. The van der Waals surface area contributed by atoms with Crippen LogP contribution in [0.1, 0.15) is 19.8 Å². The fourth-order valence-corrected chi connectivity index (χ4v) is 1.36. The van der Waals surface area contributed by atoms with Gasteiger partial charge in [0.25, 0.3) is 0 Å². The molecule has 1 saturated heterocycles. The van der Waals surface area contributed by atoms with E-state index >= 15 is 0 Å². The molecule has 1 heterocycles. The Balaban J connectivity index is 2.16. The van der Waals surface area contributed by atoms with Gasteiger partial charge >= 0.3 is 6.03 Å². The second kappa shape index (κ2) is 5.07. The fourth-order valence-electron chi connectivity index (χ4n) is 1.36. The minimum absolute atomic E-state index is 0.0119. The predicted molar refractivity (Wildman–Crippen MR) is 50.5 cm³/mol. The van der Waals surface area contributed by atoms with E-state index in [1.807, 2.05) is 11.8 Å². The number of rotatable bonds is 3. The minimum atomic E-state index is 0.0119. The Hall–Kier alpha value is -0.770. The van der Waals surface area contributed by atoms with E-state index in [2.05, 4.69) is 5.32 Å². The van der Waals surface area contributed by atoms with Crippen molar-refractivity contribution in [2.75, 3.05) is 26.2 Å². The van der Waals surface area contributed by atoms with Crippen molar-refractivity contribution < 1.29 is 9.90 Å². The van der Waals surface area contributed by atoms with Gasteiger partial charge in [0.15, 0.2) is 0 Å². The summed E-state index contributed by atoms with van der Waals surface area (Å²) in [5.41, 5.74) is 0. The first kappa shape index (κ1) is 10.3. The topological polar surface area (TPSA) is 52.6 Å². The van der Waals surface area contributed by atoms with Crippen LogP contribution in [0.4, 0.5) is 4.79 Å².